The fraction of sp³-hybridized carbons (Fsp3) is 0.500. The molecule has 1 aromatic carbocycles. The van der Waals surface area contributed by atoms with E-state index in [9.17, 15) is 14.4 Å². The number of carboxylic acids is 1. The van der Waals surface area contributed by atoms with Crippen molar-refractivity contribution >= 4 is 18.0 Å². The number of carboxylic acid groups (broad SMARTS) is 1. The van der Waals surface area contributed by atoms with E-state index in [4.69, 9.17) is 9.84 Å². The van der Waals surface area contributed by atoms with Gasteiger partial charge in [-0.2, -0.15) is 0 Å². The van der Waals surface area contributed by atoms with Crippen LogP contribution in [0.4, 0.5) is 4.79 Å². The minimum Gasteiger partial charge on any atom is -0.480 e. The Morgan fingerprint density at radius 1 is 1.24 bits per heavy atom. The number of ether oxygens (including phenoxy) is 1. The Kier molecular flexibility index (Phi) is 6.38. The first-order chi connectivity index (χ1) is 11.9. The Morgan fingerprint density at radius 3 is 2.52 bits per heavy atom. The number of hydrogen-bond donors (Lipinski definition) is 1. The van der Waals surface area contributed by atoms with Gasteiger partial charge in [0, 0.05) is 13.1 Å². The van der Waals surface area contributed by atoms with Gasteiger partial charge in [0.2, 0.25) is 5.91 Å². The van der Waals surface area contributed by atoms with Crippen LogP contribution in [0.2, 0.25) is 0 Å². The third kappa shape index (κ3) is 4.71. The van der Waals surface area contributed by atoms with Gasteiger partial charge in [-0.05, 0) is 24.8 Å². The lowest BCUT2D eigenvalue weighted by molar-refractivity contribution is -0.145. The number of likely N-dealkylation sites (tertiary alicyclic amines) is 1. The molecule has 0 radical (unpaired) electrons. The van der Waals surface area contributed by atoms with Crippen molar-refractivity contribution in [3.05, 3.63) is 35.9 Å². The van der Waals surface area contributed by atoms with Crippen LogP contribution >= 0.6 is 0 Å². The number of rotatable bonds is 6. The molecule has 0 unspecified atom stereocenters. The van der Waals surface area contributed by atoms with Crippen LogP contribution in [-0.2, 0) is 20.9 Å². The fourth-order valence-corrected chi connectivity index (χ4v) is 3.13. The molecule has 1 saturated heterocycles. The monoisotopic (exact) mass is 348 g/mol. The molecule has 0 aliphatic carbocycles. The maximum atomic E-state index is 12.6. The zero-order valence-electron chi connectivity index (χ0n) is 14.6. The smallest absolute Gasteiger partial charge is 0.411 e. The molecule has 7 heteroatoms. The van der Waals surface area contributed by atoms with Crippen LogP contribution in [0.3, 0.4) is 0 Å². The summed E-state index contributed by atoms with van der Waals surface area (Å²) in [7, 11) is 1.43. The normalized spacial score (nSPS) is 19.5. The Labute approximate surface area is 147 Å². The number of carbonyl (C=O) groups is 3. The average Bonchev–Trinajstić information content (AvgIpc) is 3.03. The van der Waals surface area contributed by atoms with E-state index in [1.54, 1.807) is 0 Å². The molecule has 0 spiro atoms. The van der Waals surface area contributed by atoms with E-state index < -0.39 is 18.1 Å². The number of carbonyl (C=O) groups excluding carboxylic acids is 2. The molecular weight excluding hydrogens is 324 g/mol. The van der Waals surface area contributed by atoms with E-state index in [0.29, 0.717) is 19.3 Å². The molecule has 1 fully saturated rings. The second-order valence-corrected chi connectivity index (χ2v) is 6.19. The quantitative estimate of drug-likeness (QED) is 0.851. The maximum absolute atomic E-state index is 12.6. The topological polar surface area (TPSA) is 87.2 Å². The van der Waals surface area contributed by atoms with Crippen LogP contribution in [-0.4, -0.2) is 58.6 Å². The van der Waals surface area contributed by atoms with E-state index in [2.05, 4.69) is 0 Å². The lowest BCUT2D eigenvalue weighted by Gasteiger charge is -2.30. The van der Waals surface area contributed by atoms with Gasteiger partial charge in [-0.25, -0.2) is 4.79 Å². The van der Waals surface area contributed by atoms with Gasteiger partial charge in [0.25, 0.3) is 0 Å². The van der Waals surface area contributed by atoms with Crippen molar-refractivity contribution in [1.82, 2.24) is 9.80 Å². The van der Waals surface area contributed by atoms with Crippen molar-refractivity contribution in [3.63, 3.8) is 0 Å². The van der Waals surface area contributed by atoms with Crippen LogP contribution in [0.15, 0.2) is 30.3 Å². The highest BCUT2D eigenvalue weighted by molar-refractivity contribution is 5.88. The molecule has 136 valence electrons. The van der Waals surface area contributed by atoms with Gasteiger partial charge < -0.3 is 14.7 Å². The summed E-state index contributed by atoms with van der Waals surface area (Å²) in [5, 5.41) is 8.86. The number of benzene rings is 1. The van der Waals surface area contributed by atoms with Crippen LogP contribution in [0.25, 0.3) is 0 Å². The summed E-state index contributed by atoms with van der Waals surface area (Å²) in [6.45, 7) is 1.70. The van der Waals surface area contributed by atoms with E-state index >= 15 is 0 Å². The number of hydrogen-bond acceptors (Lipinski definition) is 4. The second kappa shape index (κ2) is 8.50. The Bertz CT molecular complexity index is 619. The zero-order chi connectivity index (χ0) is 18.4. The first-order valence-electron chi connectivity index (χ1n) is 8.39. The molecule has 25 heavy (non-hydrogen) atoms. The van der Waals surface area contributed by atoms with Gasteiger partial charge in [0.15, 0.2) is 0 Å². The van der Waals surface area contributed by atoms with Crippen LogP contribution < -0.4 is 0 Å². The first-order valence-corrected chi connectivity index (χ1v) is 8.39. The summed E-state index contributed by atoms with van der Waals surface area (Å²) < 4.78 is 5.39. The third-order valence-corrected chi connectivity index (χ3v) is 4.42. The molecule has 2 atom stereocenters. The highest BCUT2D eigenvalue weighted by Crippen LogP contribution is 2.28. The molecule has 1 heterocycles. The SMILES string of the molecule is CC[C@@H]1CC[C@@H](C(=O)N(C)CC(=O)O)N1C(=O)OCc1ccccc1. The third-order valence-electron chi connectivity index (χ3n) is 4.42. The average molecular weight is 348 g/mol. The minimum atomic E-state index is -1.08. The summed E-state index contributed by atoms with van der Waals surface area (Å²) in [5.41, 5.74) is 0.869. The lowest BCUT2D eigenvalue weighted by Crippen LogP contribution is -2.50. The summed E-state index contributed by atoms with van der Waals surface area (Å²) in [6, 6.07) is 8.58. The molecule has 0 saturated carbocycles. The predicted molar refractivity (Wildman–Crippen MR) is 90.8 cm³/mol. The lowest BCUT2D eigenvalue weighted by atomic mass is 10.1. The zero-order valence-corrected chi connectivity index (χ0v) is 14.6. The molecule has 0 aromatic heterocycles. The molecule has 2 amide bonds. The number of aliphatic carboxylic acids is 1. The van der Waals surface area contributed by atoms with E-state index in [-0.39, 0.29) is 25.1 Å². The largest absolute Gasteiger partial charge is 0.480 e. The van der Waals surface area contributed by atoms with Crippen molar-refractivity contribution in [2.24, 2.45) is 0 Å². The van der Waals surface area contributed by atoms with Crippen molar-refractivity contribution in [3.8, 4) is 0 Å². The minimum absolute atomic E-state index is 0.0737. The van der Waals surface area contributed by atoms with Gasteiger partial charge in [0.05, 0.1) is 0 Å². The molecule has 7 nitrogen and oxygen atoms in total. The highest BCUT2D eigenvalue weighted by atomic mass is 16.6. The maximum Gasteiger partial charge on any atom is 0.411 e. The molecule has 2 rings (SSSR count). The Hall–Kier alpha value is -2.57. The molecule has 1 aromatic rings. The van der Waals surface area contributed by atoms with Gasteiger partial charge >= 0.3 is 12.1 Å². The molecule has 1 aliphatic heterocycles. The summed E-state index contributed by atoms with van der Waals surface area (Å²) in [4.78, 5) is 38.6. The van der Waals surface area contributed by atoms with Gasteiger partial charge in [0.1, 0.15) is 19.2 Å². The van der Waals surface area contributed by atoms with E-state index in [0.717, 1.165) is 10.5 Å². The van der Waals surface area contributed by atoms with Crippen molar-refractivity contribution in [1.29, 1.82) is 0 Å². The molecular formula is C18H24N2O5. The van der Waals surface area contributed by atoms with Crippen LogP contribution in [0, 0.1) is 0 Å². The van der Waals surface area contributed by atoms with Gasteiger partial charge in [-0.1, -0.05) is 37.3 Å². The van der Waals surface area contributed by atoms with Crippen LogP contribution in [0.5, 0.6) is 0 Å². The number of nitrogens with zero attached hydrogens (tertiary/aromatic N) is 2. The number of amides is 2. The Balaban J connectivity index is 2.05. The van der Waals surface area contributed by atoms with Crippen molar-refractivity contribution in [2.45, 2.75) is 44.9 Å². The van der Waals surface area contributed by atoms with Crippen LogP contribution in [0.1, 0.15) is 31.7 Å². The standard InChI is InChI=1S/C18H24N2O5/c1-3-14-9-10-15(17(23)19(2)11-16(21)22)20(14)18(24)25-12-13-7-5-4-6-8-13/h4-8,14-15H,3,9-12H2,1-2H3,(H,21,22)/t14-,15+/m1/s1. The fourth-order valence-electron chi connectivity index (χ4n) is 3.13. The molecule has 0 bridgehead atoms. The number of likely N-dealkylation sites (N-methyl/N-ethyl adjacent to an activating group) is 1. The summed E-state index contributed by atoms with van der Waals surface area (Å²) in [6.07, 6.45) is 1.40. The predicted octanol–water partition coefficient (Wildman–Crippen LogP) is 2.11. The van der Waals surface area contributed by atoms with Crippen molar-refractivity contribution < 1.29 is 24.2 Å². The van der Waals surface area contributed by atoms with E-state index in [1.807, 2.05) is 37.3 Å². The second-order valence-electron chi connectivity index (χ2n) is 6.19. The molecule has 1 N–H and O–H groups in total. The highest BCUT2D eigenvalue weighted by Gasteiger charge is 2.42. The summed E-state index contributed by atoms with van der Waals surface area (Å²) >= 11 is 0. The van der Waals surface area contributed by atoms with Crippen molar-refractivity contribution in [2.75, 3.05) is 13.6 Å². The molecule has 1 aliphatic rings. The Morgan fingerprint density at radius 2 is 1.92 bits per heavy atom. The van der Waals surface area contributed by atoms with Gasteiger partial charge in [-0.15, -0.1) is 0 Å². The van der Waals surface area contributed by atoms with Gasteiger partial charge in [-0.3, -0.25) is 14.5 Å². The summed E-state index contributed by atoms with van der Waals surface area (Å²) in [5.74, 6) is -1.45. The first kappa shape index (κ1) is 18.8. The van der Waals surface area contributed by atoms with E-state index in [1.165, 1.54) is 11.9 Å².